The van der Waals surface area contributed by atoms with Gasteiger partial charge in [-0.1, -0.05) is 135 Å². The summed E-state index contributed by atoms with van der Waals surface area (Å²) in [6.07, 6.45) is 0. The molecule has 1 saturated heterocycles. The van der Waals surface area contributed by atoms with Gasteiger partial charge in [0.25, 0.3) is 0 Å². The average molecular weight is 2320 g/mol. The Kier molecular flexibility index (Phi) is 29.8. The van der Waals surface area contributed by atoms with Crippen LogP contribution in [0.4, 0.5) is 0 Å². The summed E-state index contributed by atoms with van der Waals surface area (Å²) in [5, 5.41) is 7.72. The molecule has 48 heteroatoms. The highest BCUT2D eigenvalue weighted by Gasteiger charge is 2.53. The molecule has 0 spiro atoms. The first kappa shape index (κ1) is 96.7. The van der Waals surface area contributed by atoms with Gasteiger partial charge in [-0.2, -0.15) is 0 Å². The molecule has 0 atom stereocenters. The van der Waals surface area contributed by atoms with Crippen LogP contribution in [0, 0.1) is 0 Å². The lowest BCUT2D eigenvalue weighted by molar-refractivity contribution is 0.00578. The second-order valence-electron chi connectivity index (χ2n) is 28.2. The molecule has 4 N–H and O–H groups in total. The molecule has 12 aromatic carbocycles. The Labute approximate surface area is 815 Å². The summed E-state index contributed by atoms with van der Waals surface area (Å²) in [6.45, 7) is 7.57. The summed E-state index contributed by atoms with van der Waals surface area (Å²) >= 11 is 26.3. The Bertz CT molecular complexity index is 8680. The van der Waals surface area contributed by atoms with Crippen LogP contribution < -0.4 is 5.46 Å². The van der Waals surface area contributed by atoms with Crippen LogP contribution in [0.5, 0.6) is 0 Å². The first-order valence-electron chi connectivity index (χ1n) is 35.9. The van der Waals surface area contributed by atoms with Crippen LogP contribution in [0.1, 0.15) is 35.1 Å². The predicted molar refractivity (Wildman–Crippen MR) is 572 cm³/mol. The van der Waals surface area contributed by atoms with Gasteiger partial charge < -0.3 is 29.2 Å². The highest BCUT2D eigenvalue weighted by molar-refractivity contribution is 9.11. The maximum atomic E-state index is 14.2. The van der Waals surface area contributed by atoms with E-state index < -0.39 is 77.3 Å². The number of sulfone groups is 6. The SMILES string of the molecule is Brc1c2[nH]c3ccccc3c2c(Br)c2[nH]c3ccccc3c12.C.CC1(C)OB(c2ccc3c(c2)S(=O)(=O)c2ccccc2S3(=O)=O)OC1(C)C.O=S1(=O)c2ccccc2S(=O)(=O)c2cc(-c3c4[nH]c5ccccc5c4c(-c4ccc5c(c4)S(=O)(=O)c4ccccc4S5(=O)=O)c4[nH]c5ccccc5c34)ccc21.S=S=S=S=S=S=S=S=S=S.S=S=S=S=S=S=S=S=S=S=S. The third-order valence-electron chi connectivity index (χ3n) is 21.1. The van der Waals surface area contributed by atoms with Crippen LogP contribution in [0.2, 0.25) is 0 Å². The molecule has 4 aromatic heterocycles. The van der Waals surface area contributed by atoms with Crippen molar-refractivity contribution < 1.29 is 59.8 Å². The van der Waals surface area contributed by atoms with Crippen molar-refractivity contribution in [3.63, 3.8) is 0 Å². The van der Waals surface area contributed by atoms with E-state index in [9.17, 15) is 50.5 Å². The summed E-state index contributed by atoms with van der Waals surface area (Å²) in [6, 6.07) is 61.5. The van der Waals surface area contributed by atoms with Crippen molar-refractivity contribution in [2.45, 2.75) is 105 Å². The van der Waals surface area contributed by atoms with Gasteiger partial charge in [-0.3, -0.25) is 0 Å². The Hall–Kier alpha value is -4.90. The van der Waals surface area contributed by atoms with Gasteiger partial charge in [0.15, 0.2) is 0 Å². The quantitative estimate of drug-likeness (QED) is 0.120. The first-order valence-corrected chi connectivity index (χ1v) is 71.7. The Morgan fingerprint density at radius 2 is 0.512 bits per heavy atom. The number of rotatable bonds is 3. The number of hydrogen-bond acceptors (Lipinski definition) is 18. The maximum Gasteiger partial charge on any atom is 0.494 e. The molecule has 18 nitrogen and oxygen atoms in total. The molecule has 0 bridgehead atoms. The van der Waals surface area contributed by atoms with Crippen molar-refractivity contribution in [2.24, 2.45) is 0 Å². The van der Waals surface area contributed by atoms with E-state index in [4.69, 9.17) is 9.31 Å². The molecule has 0 amide bonds. The summed E-state index contributed by atoms with van der Waals surface area (Å²) < 4.78 is 178. The van der Waals surface area contributed by atoms with Crippen molar-refractivity contribution in [2.75, 3.05) is 0 Å². The monoisotopic (exact) mass is 2320 g/mol. The van der Waals surface area contributed by atoms with Crippen molar-refractivity contribution >= 4 is 386 Å². The topological polar surface area (TPSA) is 286 Å². The van der Waals surface area contributed by atoms with E-state index in [0.717, 1.165) is 52.8 Å². The van der Waals surface area contributed by atoms with Crippen LogP contribution in [-0.2, 0) is 264 Å². The van der Waals surface area contributed by atoms with E-state index >= 15 is 0 Å². The smallest absolute Gasteiger partial charge is 0.399 e. The van der Waals surface area contributed by atoms with Gasteiger partial charge in [0.2, 0.25) is 59.0 Å². The second kappa shape index (κ2) is 39.2. The van der Waals surface area contributed by atoms with Crippen molar-refractivity contribution in [3.8, 4) is 22.3 Å². The highest BCUT2D eigenvalue weighted by Crippen LogP contribution is 2.53. The van der Waals surface area contributed by atoms with Crippen molar-refractivity contribution in [1.82, 2.24) is 19.9 Å². The van der Waals surface area contributed by atoms with Gasteiger partial charge in [0.05, 0.1) is 101 Å². The van der Waals surface area contributed by atoms with Gasteiger partial charge in [-0.25, -0.2) is 50.5 Å². The summed E-state index contributed by atoms with van der Waals surface area (Å²) in [5.74, 6) is 0. The molecule has 0 aliphatic carbocycles. The van der Waals surface area contributed by atoms with Gasteiger partial charge in [0, 0.05) is 272 Å². The number of fused-ring (bicyclic) bond motifs is 18. The molecule has 8 heterocycles. The molecule has 16 aromatic rings. The van der Waals surface area contributed by atoms with Crippen LogP contribution in [0.3, 0.4) is 0 Å². The minimum absolute atomic E-state index is 0. The summed E-state index contributed by atoms with van der Waals surface area (Å²) in [4.78, 5) is 10.9. The van der Waals surface area contributed by atoms with Gasteiger partial charge in [0.1, 0.15) is 0 Å². The largest absolute Gasteiger partial charge is 0.494 e. The van der Waals surface area contributed by atoms with Gasteiger partial charge in [-0.05, 0) is 173 Å². The lowest BCUT2D eigenvalue weighted by Gasteiger charge is -2.32. The first-order chi connectivity index (χ1) is 60.3. The summed E-state index contributed by atoms with van der Waals surface area (Å²) in [7, 11) is 1.62. The number of hydrogen-bond donors (Lipinski definition) is 4. The Balaban J connectivity index is 0.000000145. The zero-order valence-electron chi connectivity index (χ0n) is 63.9. The van der Waals surface area contributed by atoms with Crippen LogP contribution in [-0.4, -0.2) is 88.8 Å². The fourth-order valence-electron chi connectivity index (χ4n) is 15.1. The number of benzene rings is 12. The van der Waals surface area contributed by atoms with Gasteiger partial charge >= 0.3 is 7.12 Å². The number of nitrogens with one attached hydrogen (secondary N) is 4. The van der Waals surface area contributed by atoms with Crippen LogP contribution in [0.15, 0.2) is 292 Å². The van der Waals surface area contributed by atoms with E-state index in [1.807, 2.05) is 76.2 Å². The minimum atomic E-state index is -4.27. The van der Waals surface area contributed by atoms with E-state index in [1.54, 1.807) is 134 Å². The molecule has 20 rings (SSSR count). The van der Waals surface area contributed by atoms with Crippen molar-refractivity contribution in [3.05, 3.63) is 233 Å². The molecule has 656 valence electrons. The minimum Gasteiger partial charge on any atom is -0.399 e. The third-order valence-corrected chi connectivity index (χ3v) is 68.0. The zero-order chi connectivity index (χ0) is 89.2. The number of aromatic amines is 4. The fourth-order valence-corrected chi connectivity index (χ4v) is 64.7. The second-order valence-corrected chi connectivity index (χ2v) is 71.2. The maximum absolute atomic E-state index is 14.2. The zero-order valence-corrected chi connectivity index (χ0v) is 89.2. The van der Waals surface area contributed by atoms with Crippen LogP contribution in [0.25, 0.3) is 109 Å². The fraction of sp³-hybridized carbons (Fsp3) is 0.0886. The lowest BCUT2D eigenvalue weighted by Crippen LogP contribution is -2.41. The predicted octanol–water partition coefficient (Wildman–Crippen LogP) is 17.3. The molecule has 4 aliphatic rings. The third kappa shape index (κ3) is 18.0. The van der Waals surface area contributed by atoms with E-state index in [0.29, 0.717) is 49.5 Å². The molecular formula is C79H57BBr2N4O14S27. The number of para-hydroxylation sites is 4. The molecule has 0 radical (unpaired) electrons. The normalized spacial score (nSPS) is 15.7. The van der Waals surface area contributed by atoms with E-state index in [2.05, 4.69) is 145 Å². The standard InChI is InChI=1S/C42H24N2O8S4.C18H19BO6S2.C18H10Br2N2.CH4.S11.S10/c45-53(46)29-13-5-7-15-31(29)55(49,50)35-21-23(17-19-33(35)53)37-39-25-9-1-3-11-27(25)43-41(39)38(40-26-10-2-4-12-28(26)44-42(37)40)24-18-20-34-36(22-24)56(51,52)32-16-8-6-14-30(32)54(34,47)48;1-17(2)18(3,4)25-19(24-17)12-9-10-15-16(11-12)27(22,23)14-8-6-5-7-13(14)26(15,20)21;19-15-13-9-5-1-3-7-11(9)21-17(13)16(20)14-10-6-2-4-8-12(10)22-18(14)15;;1-3-5-7-9-11-10-8-6-4-2;1-3-5-7-9-10-8-6-4-2/h1-22,43-44H;5-11H,1-4H3;1-8,21-22H;1H4;;. The highest BCUT2D eigenvalue weighted by atomic mass is 79.9. The Morgan fingerprint density at radius 1 is 0.283 bits per heavy atom. The lowest BCUT2D eigenvalue weighted by atomic mass is 9.79. The van der Waals surface area contributed by atoms with E-state index in [1.165, 1.54) is 166 Å². The molecule has 1 fully saturated rings. The van der Waals surface area contributed by atoms with Crippen LogP contribution >= 0.6 is 31.9 Å². The van der Waals surface area contributed by atoms with Gasteiger partial charge in [-0.15, -0.1) is 0 Å². The summed E-state index contributed by atoms with van der Waals surface area (Å²) in [5.41, 5.74) is 8.47. The molecule has 0 unspecified atom stereocenters. The number of aromatic nitrogens is 4. The number of H-pyrrole nitrogens is 4. The Morgan fingerprint density at radius 3 is 0.803 bits per heavy atom. The number of halogens is 2. The average Bonchev–Trinajstić information content (AvgIpc) is 1.66. The molecule has 127 heavy (non-hydrogen) atoms. The molecular weight excluding hydrogens is 2270 g/mol. The van der Waals surface area contributed by atoms with E-state index in [-0.39, 0.29) is 66.2 Å². The van der Waals surface area contributed by atoms with Crippen molar-refractivity contribution in [1.29, 1.82) is 0 Å². The molecule has 0 saturated carbocycles. The molecule has 4 aliphatic heterocycles.